The Balaban J connectivity index is 1.83. The molecule has 0 aliphatic rings. The van der Waals surface area contributed by atoms with E-state index >= 15 is 0 Å². The molecule has 2 rings (SSSR count). The van der Waals surface area contributed by atoms with Gasteiger partial charge in [-0.25, -0.2) is 4.68 Å². The van der Waals surface area contributed by atoms with Crippen LogP contribution in [0.25, 0.3) is 5.69 Å². The fourth-order valence-corrected chi connectivity index (χ4v) is 2.40. The van der Waals surface area contributed by atoms with Gasteiger partial charge in [0.25, 0.3) is 0 Å². The second kappa shape index (κ2) is 7.21. The van der Waals surface area contributed by atoms with Gasteiger partial charge < -0.3 is 5.32 Å². The van der Waals surface area contributed by atoms with Crippen LogP contribution < -0.4 is 5.32 Å². The van der Waals surface area contributed by atoms with Gasteiger partial charge in [-0.2, -0.15) is 5.10 Å². The van der Waals surface area contributed by atoms with Gasteiger partial charge in [0.15, 0.2) is 0 Å². The van der Waals surface area contributed by atoms with Gasteiger partial charge in [-0.15, -0.1) is 0 Å². The lowest BCUT2D eigenvalue weighted by Gasteiger charge is -2.02. The number of hydrogen-bond donors (Lipinski definition) is 1. The van der Waals surface area contributed by atoms with Gasteiger partial charge in [0.1, 0.15) is 0 Å². The maximum Gasteiger partial charge on any atom is 0.0645 e. The summed E-state index contributed by atoms with van der Waals surface area (Å²) < 4.78 is 13.1. The number of aromatic nitrogens is 2. The summed E-state index contributed by atoms with van der Waals surface area (Å²) in [6.45, 7) is 3.48. The predicted molar refractivity (Wildman–Crippen MR) is 78.8 cm³/mol. The van der Waals surface area contributed by atoms with Crippen molar-refractivity contribution in [3.05, 3.63) is 48.3 Å². The number of para-hydroxylation sites is 1. The number of hydrogen-bond acceptors (Lipinski definition) is 3. The van der Waals surface area contributed by atoms with Crippen LogP contribution in [0.1, 0.15) is 12.5 Å². The molecule has 5 heteroatoms. The Labute approximate surface area is 116 Å². The van der Waals surface area contributed by atoms with Gasteiger partial charge >= 0.3 is 0 Å². The van der Waals surface area contributed by atoms with E-state index in [1.54, 1.807) is 0 Å². The zero-order chi connectivity index (χ0) is 13.5. The third-order valence-corrected chi connectivity index (χ3v) is 4.12. The average Bonchev–Trinajstić information content (AvgIpc) is 2.93. The topological polar surface area (TPSA) is 46.9 Å². The molecule has 19 heavy (non-hydrogen) atoms. The smallest absolute Gasteiger partial charge is 0.0645 e. The van der Waals surface area contributed by atoms with Crippen molar-refractivity contribution in [3.8, 4) is 5.69 Å². The molecule has 1 unspecified atom stereocenters. The van der Waals surface area contributed by atoms with Gasteiger partial charge in [0, 0.05) is 47.2 Å². The molecule has 0 saturated heterocycles. The molecular weight excluding hydrogens is 258 g/mol. The SMILES string of the molecule is CCS(=O)CCNCc1cnn(-c2ccccc2)c1. The molecule has 1 aromatic heterocycles. The molecule has 0 aliphatic carbocycles. The third kappa shape index (κ3) is 4.29. The van der Waals surface area contributed by atoms with Crippen molar-refractivity contribution >= 4 is 10.8 Å². The van der Waals surface area contributed by atoms with Gasteiger partial charge in [-0.05, 0) is 12.1 Å². The fourth-order valence-electron chi connectivity index (χ4n) is 1.74. The van der Waals surface area contributed by atoms with E-state index in [-0.39, 0.29) is 0 Å². The molecule has 0 spiro atoms. The Morgan fingerprint density at radius 2 is 2.11 bits per heavy atom. The minimum absolute atomic E-state index is 0.693. The summed E-state index contributed by atoms with van der Waals surface area (Å²) in [6.07, 6.45) is 3.87. The van der Waals surface area contributed by atoms with E-state index in [1.165, 1.54) is 0 Å². The Morgan fingerprint density at radius 3 is 2.84 bits per heavy atom. The number of benzene rings is 1. The first-order valence-corrected chi connectivity index (χ1v) is 7.93. The molecule has 0 fully saturated rings. The van der Waals surface area contributed by atoms with Gasteiger partial charge in [-0.3, -0.25) is 4.21 Å². The first kappa shape index (κ1) is 14.0. The standard InChI is InChI=1S/C14H19N3OS/c1-2-19(18)9-8-15-10-13-11-16-17(12-13)14-6-4-3-5-7-14/h3-7,11-12,15H,2,8-10H2,1H3. The van der Waals surface area contributed by atoms with Crippen molar-refractivity contribution in [1.82, 2.24) is 15.1 Å². The van der Waals surface area contributed by atoms with Crippen LogP contribution in [-0.4, -0.2) is 32.0 Å². The molecule has 1 heterocycles. The number of rotatable bonds is 7. The average molecular weight is 277 g/mol. The van der Waals surface area contributed by atoms with Crippen LogP contribution in [0.2, 0.25) is 0 Å². The zero-order valence-corrected chi connectivity index (χ0v) is 11.9. The van der Waals surface area contributed by atoms with Crippen LogP contribution in [0.15, 0.2) is 42.7 Å². The van der Waals surface area contributed by atoms with Crippen LogP contribution in [0.4, 0.5) is 0 Å². The largest absolute Gasteiger partial charge is 0.312 e. The minimum Gasteiger partial charge on any atom is -0.312 e. The molecule has 1 aromatic carbocycles. The summed E-state index contributed by atoms with van der Waals surface area (Å²) in [5, 5.41) is 7.62. The van der Waals surface area contributed by atoms with E-state index in [0.29, 0.717) is 5.75 Å². The summed E-state index contributed by atoms with van der Waals surface area (Å²) in [5.74, 6) is 1.44. The van der Waals surface area contributed by atoms with Crippen LogP contribution >= 0.6 is 0 Å². The molecule has 0 amide bonds. The quantitative estimate of drug-likeness (QED) is 0.784. The second-order valence-corrected chi connectivity index (χ2v) is 6.10. The van der Waals surface area contributed by atoms with Crippen molar-refractivity contribution in [3.63, 3.8) is 0 Å². The van der Waals surface area contributed by atoms with Gasteiger partial charge in [-0.1, -0.05) is 25.1 Å². The highest BCUT2D eigenvalue weighted by atomic mass is 32.2. The van der Waals surface area contributed by atoms with Gasteiger partial charge in [0.2, 0.25) is 0 Å². The predicted octanol–water partition coefficient (Wildman–Crippen LogP) is 1.73. The summed E-state index contributed by atoms with van der Waals surface area (Å²) in [6, 6.07) is 10.0. The first-order valence-electron chi connectivity index (χ1n) is 6.44. The molecule has 0 saturated carbocycles. The van der Waals surface area contributed by atoms with Crippen molar-refractivity contribution < 1.29 is 4.21 Å². The van der Waals surface area contributed by atoms with E-state index in [2.05, 4.69) is 10.4 Å². The van der Waals surface area contributed by atoms with E-state index < -0.39 is 10.8 Å². The first-order chi connectivity index (χ1) is 9.29. The highest BCUT2D eigenvalue weighted by Gasteiger charge is 2.01. The van der Waals surface area contributed by atoms with Crippen LogP contribution in [0.3, 0.4) is 0 Å². The lowest BCUT2D eigenvalue weighted by atomic mass is 10.3. The van der Waals surface area contributed by atoms with Crippen LogP contribution in [0, 0.1) is 0 Å². The summed E-state index contributed by atoms with van der Waals surface area (Å²) in [7, 11) is -0.693. The highest BCUT2D eigenvalue weighted by Crippen LogP contribution is 2.07. The molecule has 1 atom stereocenters. The lowest BCUT2D eigenvalue weighted by molar-refractivity contribution is 0.674. The van der Waals surface area contributed by atoms with Crippen molar-refractivity contribution in [2.24, 2.45) is 0 Å². The fraction of sp³-hybridized carbons (Fsp3) is 0.357. The Bertz CT molecular complexity index is 524. The minimum atomic E-state index is -0.693. The van der Waals surface area contributed by atoms with E-state index in [9.17, 15) is 4.21 Å². The normalized spacial score (nSPS) is 12.5. The Hall–Kier alpha value is -1.46. The molecule has 0 bridgehead atoms. The Kier molecular flexibility index (Phi) is 5.30. The van der Waals surface area contributed by atoms with E-state index in [0.717, 1.165) is 30.1 Å². The van der Waals surface area contributed by atoms with Crippen LogP contribution in [-0.2, 0) is 17.3 Å². The van der Waals surface area contributed by atoms with Crippen molar-refractivity contribution in [2.75, 3.05) is 18.1 Å². The summed E-state index contributed by atoms with van der Waals surface area (Å²) >= 11 is 0. The maximum atomic E-state index is 11.3. The maximum absolute atomic E-state index is 11.3. The highest BCUT2D eigenvalue weighted by molar-refractivity contribution is 7.84. The molecule has 0 radical (unpaired) electrons. The molecule has 102 valence electrons. The molecule has 1 N–H and O–H groups in total. The number of nitrogens with one attached hydrogen (secondary N) is 1. The summed E-state index contributed by atoms with van der Waals surface area (Å²) in [5.41, 5.74) is 2.19. The second-order valence-electron chi connectivity index (χ2n) is 4.24. The summed E-state index contributed by atoms with van der Waals surface area (Å²) in [4.78, 5) is 0. The van der Waals surface area contributed by atoms with Crippen molar-refractivity contribution in [1.29, 1.82) is 0 Å². The van der Waals surface area contributed by atoms with Crippen molar-refractivity contribution in [2.45, 2.75) is 13.5 Å². The molecule has 2 aromatic rings. The number of nitrogens with zero attached hydrogens (tertiary/aromatic N) is 2. The molecule has 4 nitrogen and oxygen atoms in total. The zero-order valence-electron chi connectivity index (χ0n) is 11.1. The third-order valence-electron chi connectivity index (χ3n) is 2.81. The lowest BCUT2D eigenvalue weighted by Crippen LogP contribution is -2.20. The van der Waals surface area contributed by atoms with E-state index in [1.807, 2.05) is 54.3 Å². The molecular formula is C14H19N3OS. The van der Waals surface area contributed by atoms with E-state index in [4.69, 9.17) is 0 Å². The van der Waals surface area contributed by atoms with Crippen LogP contribution in [0.5, 0.6) is 0 Å². The Morgan fingerprint density at radius 1 is 1.32 bits per heavy atom. The molecule has 0 aliphatic heterocycles. The monoisotopic (exact) mass is 277 g/mol. The van der Waals surface area contributed by atoms with Gasteiger partial charge in [0.05, 0.1) is 11.9 Å².